The Hall–Kier alpha value is 1.56. The van der Waals surface area contributed by atoms with E-state index >= 15 is 0 Å². The molecule has 0 aromatic heterocycles. The smallest absolute Gasteiger partial charge is 1.00 e. The van der Waals surface area contributed by atoms with Crippen molar-refractivity contribution < 1.29 is 75.5 Å². The monoisotopic (exact) mass is 161 g/mol. The van der Waals surface area contributed by atoms with Crippen molar-refractivity contribution >= 4 is 22.7 Å². The molecule has 0 aromatic rings. The van der Waals surface area contributed by atoms with E-state index in [1.807, 2.05) is 0 Å². The number of carbonyl (C=O) groups is 1. The minimum atomic E-state index is -0.181. The fourth-order valence-corrected chi connectivity index (χ4v) is 0. The van der Waals surface area contributed by atoms with Gasteiger partial charge >= 0.3 is 59.1 Å². The van der Waals surface area contributed by atoms with Gasteiger partial charge in [-0.3, -0.25) is 4.79 Å². The third-order valence-electron chi connectivity index (χ3n) is 0.0393. The topological polar surface area (TPSA) is 49.4 Å². The molecule has 0 aliphatic rings. The van der Waals surface area contributed by atoms with Crippen LogP contribution in [-0.4, -0.2) is 22.7 Å². The molecule has 0 fully saturated rings. The Morgan fingerprint density at radius 2 is 1.60 bits per heavy atom. The first kappa shape index (κ1) is 41.7. The molecule has 5 radical (unpaired) electrons. The van der Waals surface area contributed by atoms with Crippen LogP contribution >= 0.6 is 0 Å². The molecule has 0 atom stereocenters. The average Bonchev–Trinajstić information content (AvgIpc) is 1.72. The summed E-state index contributed by atoms with van der Waals surface area (Å²) in [6.07, 6.45) is 0. The van der Waals surface area contributed by atoms with Gasteiger partial charge in [-0.1, -0.05) is 14.2 Å². The molecule has 0 aliphatic heterocycles. The van der Waals surface area contributed by atoms with E-state index in [-0.39, 0.29) is 82.9 Å². The van der Waals surface area contributed by atoms with Crippen molar-refractivity contribution in [3.8, 4) is 0 Å². The summed E-state index contributed by atoms with van der Waals surface area (Å²) in [6, 6.07) is 0. The van der Waals surface area contributed by atoms with Crippen LogP contribution in [0.2, 0.25) is 6.82 Å². The van der Waals surface area contributed by atoms with Crippen molar-refractivity contribution in [2.45, 2.75) is 14.2 Å². The zero-order chi connectivity index (χ0) is 5.41. The van der Waals surface area contributed by atoms with Gasteiger partial charge in [-0.15, -0.1) is 0 Å². The van der Waals surface area contributed by atoms with Crippen molar-refractivity contribution in [1.29, 1.82) is 0 Å². The van der Waals surface area contributed by atoms with E-state index in [1.165, 1.54) is 6.82 Å². The van der Waals surface area contributed by atoms with Crippen molar-refractivity contribution in [2.75, 3.05) is 0 Å². The number of hydrogen-bond acceptors (Lipinski definition) is 3. The normalized spacial score (nSPS) is 2.60. The molecule has 0 heterocycles. The Morgan fingerprint density at radius 1 is 1.50 bits per heavy atom. The summed E-state index contributed by atoms with van der Waals surface area (Å²) in [5.74, 6) is 0. The predicted molar refractivity (Wildman–Crippen MR) is 32.4 cm³/mol. The number of rotatable bonds is 1. The molecule has 3 nitrogen and oxygen atoms in total. The molecule has 0 rings (SSSR count). The maximum absolute atomic E-state index is 8.64. The first-order valence-electron chi connectivity index (χ1n) is 1.22. The van der Waals surface area contributed by atoms with Gasteiger partial charge in [-0.2, -0.15) is 0 Å². The largest absolute Gasteiger partial charge is 1.00 e. The van der Waals surface area contributed by atoms with Gasteiger partial charge in [-0.05, 0) is 0 Å². The van der Waals surface area contributed by atoms with E-state index in [9.17, 15) is 0 Å². The van der Waals surface area contributed by atoms with Crippen LogP contribution in [0.1, 0.15) is 8.85 Å². The molecule has 0 saturated carbocycles. The first-order chi connectivity index (χ1) is 2.91. The van der Waals surface area contributed by atoms with Crippen LogP contribution in [0, 0.1) is 0 Å². The minimum absolute atomic E-state index is 0. The van der Waals surface area contributed by atoms with Gasteiger partial charge in [-0.25, -0.2) is 0 Å². The van der Waals surface area contributed by atoms with Crippen LogP contribution in [0.3, 0.4) is 0 Å². The second kappa shape index (κ2) is 76.2. The molecular formula is C3H9B2Na2O3. The Labute approximate surface area is 111 Å². The molecule has 0 N–H and O–H groups in total. The van der Waals surface area contributed by atoms with Crippen molar-refractivity contribution in [3.63, 3.8) is 0 Å². The number of carbonyl (C=O) groups excluding carboxylic acids is 1. The second-order valence-electron chi connectivity index (χ2n) is 0.192. The van der Waals surface area contributed by atoms with E-state index in [4.69, 9.17) is 10.1 Å². The molecule has 0 aromatic carbocycles. The molecule has 0 amide bonds. The van der Waals surface area contributed by atoms with Gasteiger partial charge in [0.15, 0.2) is 0 Å². The average molecular weight is 161 g/mol. The Bertz CT molecular complexity index is 38.5. The van der Waals surface area contributed by atoms with Crippen LogP contribution in [0.4, 0.5) is 0 Å². The van der Waals surface area contributed by atoms with Crippen LogP contribution in [0.25, 0.3) is 0 Å². The Morgan fingerprint density at radius 3 is 1.60 bits per heavy atom. The van der Waals surface area contributed by atoms with Crippen LogP contribution in [0.15, 0.2) is 0 Å². The van der Waals surface area contributed by atoms with Crippen LogP contribution in [-0.2, 0) is 9.68 Å². The SMILES string of the molecule is C.O=CO[O-].[B].[B]C.[H-].[Na+].[Na+]. The standard InChI is InChI=1S/CH3B.CH2O3.CH4.B.2Na.H/c1-2;2-1-4-3;;;;;/h1H3;1,3H;1H4;;;;/q;;;;2*+1;-1/p-1. The third-order valence-corrected chi connectivity index (χ3v) is 0.0393. The maximum atomic E-state index is 8.64. The number of hydrogen-bond donors (Lipinski definition) is 0. The van der Waals surface area contributed by atoms with Gasteiger partial charge in [0.25, 0.3) is 6.47 Å². The van der Waals surface area contributed by atoms with Gasteiger partial charge < -0.3 is 11.6 Å². The quantitative estimate of drug-likeness (QED) is 0.166. The summed E-state index contributed by atoms with van der Waals surface area (Å²) < 4.78 is 0. The van der Waals surface area contributed by atoms with Crippen LogP contribution in [0.5, 0.6) is 0 Å². The summed E-state index contributed by atoms with van der Waals surface area (Å²) >= 11 is 0. The van der Waals surface area contributed by atoms with Crippen LogP contribution < -0.4 is 64.4 Å². The Kier molecular flexibility index (Phi) is 318. The van der Waals surface area contributed by atoms with Gasteiger partial charge in [0.05, 0.1) is 7.85 Å². The summed E-state index contributed by atoms with van der Waals surface area (Å²) in [7, 11) is 4.50. The van der Waals surface area contributed by atoms with Gasteiger partial charge in [0, 0.05) is 8.41 Å². The summed E-state index contributed by atoms with van der Waals surface area (Å²) in [5, 5.41) is 8.43. The van der Waals surface area contributed by atoms with Gasteiger partial charge in [0.1, 0.15) is 0 Å². The van der Waals surface area contributed by atoms with E-state index in [0.717, 1.165) is 0 Å². The van der Waals surface area contributed by atoms with Gasteiger partial charge in [0.2, 0.25) is 0 Å². The fraction of sp³-hybridized carbons (Fsp3) is 0.667. The molecule has 0 unspecified atom stereocenters. The van der Waals surface area contributed by atoms with E-state index in [1.54, 1.807) is 0 Å². The summed E-state index contributed by atoms with van der Waals surface area (Å²) in [6.45, 7) is 1.32. The summed E-state index contributed by atoms with van der Waals surface area (Å²) in [5.41, 5.74) is 0. The second-order valence-corrected chi connectivity index (χ2v) is 0.192. The van der Waals surface area contributed by atoms with E-state index in [0.29, 0.717) is 0 Å². The molecule has 0 bridgehead atoms. The molecular weight excluding hydrogens is 152 g/mol. The molecule has 10 heavy (non-hydrogen) atoms. The third kappa shape index (κ3) is 107. The van der Waals surface area contributed by atoms with Crippen molar-refractivity contribution in [2.24, 2.45) is 0 Å². The molecule has 0 aliphatic carbocycles. The molecule has 7 heteroatoms. The fourth-order valence-electron chi connectivity index (χ4n) is 0. The minimum Gasteiger partial charge on any atom is -1.00 e. The zero-order valence-corrected chi connectivity index (χ0v) is 9.96. The molecule has 0 saturated heterocycles. The van der Waals surface area contributed by atoms with Crippen molar-refractivity contribution in [3.05, 3.63) is 0 Å². The molecule has 0 spiro atoms. The zero-order valence-electron chi connectivity index (χ0n) is 6.96. The predicted octanol–water partition coefficient (Wildman–Crippen LogP) is -6.99. The van der Waals surface area contributed by atoms with Crippen molar-refractivity contribution in [1.82, 2.24) is 0 Å². The summed E-state index contributed by atoms with van der Waals surface area (Å²) in [4.78, 5) is 11.2. The first-order valence-corrected chi connectivity index (χ1v) is 1.22. The maximum Gasteiger partial charge on any atom is 1.00 e. The Balaban J connectivity index is -0.00000000432. The van der Waals surface area contributed by atoms with E-state index in [2.05, 4.69) is 12.7 Å². The van der Waals surface area contributed by atoms with E-state index < -0.39 is 0 Å². The molecule has 47 valence electrons.